The Morgan fingerprint density at radius 2 is 1.25 bits per heavy atom. The van der Waals surface area contributed by atoms with Crippen LogP contribution in [0.5, 0.6) is 0 Å². The molecule has 20 heavy (non-hydrogen) atoms. The number of benzene rings is 2. The van der Waals surface area contributed by atoms with Gasteiger partial charge in [0.25, 0.3) is 0 Å². The molecule has 0 aromatic heterocycles. The first kappa shape index (κ1) is 14.8. The lowest BCUT2D eigenvalue weighted by Gasteiger charge is -2.14. The van der Waals surface area contributed by atoms with Gasteiger partial charge in [-0.15, -0.1) is 0 Å². The zero-order valence-corrected chi connectivity index (χ0v) is 12.8. The molecule has 2 N–H and O–H groups in total. The van der Waals surface area contributed by atoms with Gasteiger partial charge < -0.3 is 5.73 Å². The fraction of sp³-hybridized carbons (Fsp3) is 0.368. The van der Waals surface area contributed by atoms with Crippen molar-refractivity contribution in [3.63, 3.8) is 0 Å². The van der Waals surface area contributed by atoms with Crippen LogP contribution < -0.4 is 5.73 Å². The molecule has 1 heteroatoms. The van der Waals surface area contributed by atoms with Crippen LogP contribution in [-0.4, -0.2) is 0 Å². The Hall–Kier alpha value is -1.60. The summed E-state index contributed by atoms with van der Waals surface area (Å²) in [6.45, 7) is 6.66. The summed E-state index contributed by atoms with van der Waals surface area (Å²) in [4.78, 5) is 0. The maximum Gasteiger partial charge on any atom is 0.0551 e. The topological polar surface area (TPSA) is 26.0 Å². The van der Waals surface area contributed by atoms with E-state index in [1.807, 2.05) is 0 Å². The minimum atomic E-state index is -0.0333. The van der Waals surface area contributed by atoms with Crippen LogP contribution in [0, 0.1) is 5.92 Å². The third kappa shape index (κ3) is 3.71. The van der Waals surface area contributed by atoms with E-state index >= 15 is 0 Å². The molecule has 0 fully saturated rings. The Balaban J connectivity index is 2.13. The highest BCUT2D eigenvalue weighted by molar-refractivity contribution is 5.34. The predicted molar refractivity (Wildman–Crippen MR) is 86.8 cm³/mol. The lowest BCUT2D eigenvalue weighted by atomic mass is 9.95. The van der Waals surface area contributed by atoms with Crippen LogP contribution in [0.1, 0.15) is 49.1 Å². The molecule has 106 valence electrons. The van der Waals surface area contributed by atoms with Gasteiger partial charge in [0.15, 0.2) is 0 Å². The highest BCUT2D eigenvalue weighted by Crippen LogP contribution is 2.21. The van der Waals surface area contributed by atoms with E-state index in [4.69, 9.17) is 5.73 Å². The van der Waals surface area contributed by atoms with Gasteiger partial charge in [-0.2, -0.15) is 0 Å². The summed E-state index contributed by atoms with van der Waals surface area (Å²) < 4.78 is 0. The molecule has 1 nitrogen and oxygen atoms in total. The Morgan fingerprint density at radius 1 is 0.800 bits per heavy atom. The Kier molecular flexibility index (Phi) is 4.97. The van der Waals surface area contributed by atoms with Gasteiger partial charge in [-0.1, -0.05) is 69.3 Å². The molecule has 0 bridgehead atoms. The van der Waals surface area contributed by atoms with E-state index in [-0.39, 0.29) is 6.04 Å². The summed E-state index contributed by atoms with van der Waals surface area (Å²) in [6.07, 6.45) is 2.19. The smallest absolute Gasteiger partial charge is 0.0551 e. The monoisotopic (exact) mass is 267 g/mol. The summed E-state index contributed by atoms with van der Waals surface area (Å²) in [7, 11) is 0. The van der Waals surface area contributed by atoms with Gasteiger partial charge in [0.1, 0.15) is 0 Å². The summed E-state index contributed by atoms with van der Waals surface area (Å²) >= 11 is 0. The van der Waals surface area contributed by atoms with E-state index in [1.54, 1.807) is 0 Å². The van der Waals surface area contributed by atoms with Crippen molar-refractivity contribution in [3.05, 3.63) is 70.8 Å². The van der Waals surface area contributed by atoms with E-state index < -0.39 is 0 Å². The molecule has 0 aliphatic heterocycles. The third-order valence-electron chi connectivity index (χ3n) is 3.73. The molecule has 0 heterocycles. The molecule has 1 unspecified atom stereocenters. The highest BCUT2D eigenvalue weighted by atomic mass is 14.6. The van der Waals surface area contributed by atoms with Crippen molar-refractivity contribution in [1.82, 2.24) is 0 Å². The number of hydrogen-bond acceptors (Lipinski definition) is 1. The van der Waals surface area contributed by atoms with Gasteiger partial charge in [0.05, 0.1) is 6.04 Å². The lowest BCUT2D eigenvalue weighted by Crippen LogP contribution is -2.11. The minimum Gasteiger partial charge on any atom is -0.320 e. The fourth-order valence-corrected chi connectivity index (χ4v) is 2.49. The van der Waals surface area contributed by atoms with E-state index in [9.17, 15) is 0 Å². The Labute approximate surface area is 122 Å². The van der Waals surface area contributed by atoms with Crippen LogP contribution in [0.2, 0.25) is 0 Å². The van der Waals surface area contributed by atoms with E-state index in [0.29, 0.717) is 5.92 Å². The average molecular weight is 267 g/mol. The minimum absolute atomic E-state index is 0.0333. The van der Waals surface area contributed by atoms with Crippen LogP contribution in [-0.2, 0) is 12.8 Å². The molecule has 1 atom stereocenters. The van der Waals surface area contributed by atoms with Gasteiger partial charge >= 0.3 is 0 Å². The van der Waals surface area contributed by atoms with Gasteiger partial charge in [-0.25, -0.2) is 0 Å². The second kappa shape index (κ2) is 6.71. The summed E-state index contributed by atoms with van der Waals surface area (Å²) in [5.41, 5.74) is 11.5. The molecule has 0 saturated carbocycles. The first-order valence-corrected chi connectivity index (χ1v) is 7.53. The van der Waals surface area contributed by atoms with E-state index in [0.717, 1.165) is 12.8 Å². The number of hydrogen-bond donors (Lipinski definition) is 1. The molecule has 0 saturated heterocycles. The SMILES string of the molecule is CCc1ccc(C(N)c2ccc(CC(C)C)cc2)cc1. The Morgan fingerprint density at radius 3 is 1.65 bits per heavy atom. The molecule has 2 rings (SSSR count). The van der Waals surface area contributed by atoms with Crippen molar-refractivity contribution < 1.29 is 0 Å². The largest absolute Gasteiger partial charge is 0.320 e. The second-order valence-electron chi connectivity index (χ2n) is 5.91. The molecule has 0 aliphatic rings. The zero-order valence-electron chi connectivity index (χ0n) is 12.8. The van der Waals surface area contributed by atoms with Gasteiger partial charge in [0, 0.05) is 0 Å². The number of rotatable bonds is 5. The first-order chi connectivity index (χ1) is 9.60. The first-order valence-electron chi connectivity index (χ1n) is 7.53. The van der Waals surface area contributed by atoms with Gasteiger partial charge in [-0.3, -0.25) is 0 Å². The van der Waals surface area contributed by atoms with Crippen molar-refractivity contribution in [2.75, 3.05) is 0 Å². The van der Waals surface area contributed by atoms with Crippen LogP contribution in [0.25, 0.3) is 0 Å². The molecule has 2 aromatic rings. The number of nitrogens with two attached hydrogens (primary N) is 1. The number of aryl methyl sites for hydroxylation is 1. The third-order valence-corrected chi connectivity index (χ3v) is 3.73. The van der Waals surface area contributed by atoms with Crippen LogP contribution in [0.3, 0.4) is 0 Å². The Bertz CT molecular complexity index is 523. The quantitative estimate of drug-likeness (QED) is 0.848. The molecular weight excluding hydrogens is 242 g/mol. The molecule has 0 spiro atoms. The lowest BCUT2D eigenvalue weighted by molar-refractivity contribution is 0.647. The predicted octanol–water partition coefficient (Wildman–Crippen LogP) is 4.50. The van der Waals surface area contributed by atoms with Crippen LogP contribution in [0.4, 0.5) is 0 Å². The van der Waals surface area contributed by atoms with Gasteiger partial charge in [-0.05, 0) is 41.0 Å². The van der Waals surface area contributed by atoms with Crippen molar-refractivity contribution in [1.29, 1.82) is 0 Å². The van der Waals surface area contributed by atoms with Crippen molar-refractivity contribution in [3.8, 4) is 0 Å². The standard InChI is InChI=1S/C19H25N/c1-4-15-5-9-17(10-6-15)19(20)18-11-7-16(8-12-18)13-14(2)3/h5-12,14,19H,4,13,20H2,1-3H3. The molecule has 0 aliphatic carbocycles. The fourth-order valence-electron chi connectivity index (χ4n) is 2.49. The molecule has 2 aromatic carbocycles. The van der Waals surface area contributed by atoms with Crippen LogP contribution in [0.15, 0.2) is 48.5 Å². The van der Waals surface area contributed by atoms with E-state index in [2.05, 4.69) is 69.3 Å². The van der Waals surface area contributed by atoms with Gasteiger partial charge in [0.2, 0.25) is 0 Å². The van der Waals surface area contributed by atoms with Crippen molar-refractivity contribution in [2.24, 2.45) is 11.7 Å². The van der Waals surface area contributed by atoms with E-state index in [1.165, 1.54) is 22.3 Å². The summed E-state index contributed by atoms with van der Waals surface area (Å²) in [6, 6.07) is 17.3. The second-order valence-corrected chi connectivity index (χ2v) is 5.91. The zero-order chi connectivity index (χ0) is 14.5. The van der Waals surface area contributed by atoms with Crippen molar-refractivity contribution >= 4 is 0 Å². The summed E-state index contributed by atoms with van der Waals surface area (Å²) in [5.74, 6) is 0.691. The molecule has 0 radical (unpaired) electrons. The van der Waals surface area contributed by atoms with Crippen molar-refractivity contribution in [2.45, 2.75) is 39.7 Å². The maximum atomic E-state index is 6.36. The summed E-state index contributed by atoms with van der Waals surface area (Å²) in [5, 5.41) is 0. The van der Waals surface area contributed by atoms with Crippen LogP contribution >= 0.6 is 0 Å². The maximum absolute atomic E-state index is 6.36. The highest BCUT2D eigenvalue weighted by Gasteiger charge is 2.09. The normalized spacial score (nSPS) is 12.7. The average Bonchev–Trinajstić information content (AvgIpc) is 2.47. The molecular formula is C19H25N. The molecule has 0 amide bonds.